The average Bonchev–Trinajstić information content (AvgIpc) is 2.78. The van der Waals surface area contributed by atoms with Crippen molar-refractivity contribution in [3.63, 3.8) is 0 Å². The minimum absolute atomic E-state index is 0.426. The molecule has 0 aliphatic carbocycles. The summed E-state index contributed by atoms with van der Waals surface area (Å²) in [7, 11) is 3.87. The summed E-state index contributed by atoms with van der Waals surface area (Å²) in [5, 5.41) is 3.38. The van der Waals surface area contributed by atoms with Gasteiger partial charge in [-0.1, -0.05) is 0 Å². The van der Waals surface area contributed by atoms with E-state index in [9.17, 15) is 0 Å². The highest BCUT2D eigenvalue weighted by atomic mass is 16.5. The Morgan fingerprint density at radius 2 is 2.17 bits per heavy atom. The zero-order valence-electron chi connectivity index (χ0n) is 11.9. The van der Waals surface area contributed by atoms with E-state index < -0.39 is 0 Å². The molecule has 2 fully saturated rings. The van der Waals surface area contributed by atoms with Crippen molar-refractivity contribution >= 4 is 0 Å². The van der Waals surface area contributed by atoms with Crippen molar-refractivity contribution < 1.29 is 9.47 Å². The molecule has 18 heavy (non-hydrogen) atoms. The van der Waals surface area contributed by atoms with E-state index in [1.807, 2.05) is 7.11 Å². The van der Waals surface area contributed by atoms with Crippen molar-refractivity contribution in [2.75, 3.05) is 60.2 Å². The number of nitrogens with one attached hydrogen (secondary N) is 1. The number of hydrogen-bond acceptors (Lipinski definition) is 4. The van der Waals surface area contributed by atoms with E-state index in [2.05, 4.69) is 17.3 Å². The molecule has 2 heterocycles. The van der Waals surface area contributed by atoms with Crippen LogP contribution < -0.4 is 5.32 Å². The summed E-state index contributed by atoms with van der Waals surface area (Å²) in [6.07, 6.45) is 3.68. The molecule has 0 radical (unpaired) electrons. The first-order valence-electron chi connectivity index (χ1n) is 7.22. The van der Waals surface area contributed by atoms with Crippen molar-refractivity contribution in [1.29, 1.82) is 0 Å². The summed E-state index contributed by atoms with van der Waals surface area (Å²) in [6, 6.07) is 0. The Balaban J connectivity index is 1.85. The Bertz CT molecular complexity index is 236. The predicted octanol–water partition coefficient (Wildman–Crippen LogP) is 0.971. The van der Waals surface area contributed by atoms with Crippen LogP contribution in [0.1, 0.15) is 19.3 Å². The van der Waals surface area contributed by atoms with Crippen LogP contribution in [-0.4, -0.2) is 65.1 Å². The molecule has 0 amide bonds. The highest BCUT2D eigenvalue weighted by Crippen LogP contribution is 2.32. The first-order chi connectivity index (χ1) is 8.78. The fraction of sp³-hybridized carbons (Fsp3) is 1.00. The van der Waals surface area contributed by atoms with Gasteiger partial charge in [0.15, 0.2) is 0 Å². The second-order valence-electron chi connectivity index (χ2n) is 5.99. The lowest BCUT2D eigenvalue weighted by molar-refractivity contribution is -0.00103. The van der Waals surface area contributed by atoms with Crippen LogP contribution in [0.25, 0.3) is 0 Å². The zero-order chi connectivity index (χ0) is 12.8. The van der Waals surface area contributed by atoms with Gasteiger partial charge in [0.2, 0.25) is 0 Å². The Labute approximate surface area is 111 Å². The minimum Gasteiger partial charge on any atom is -0.384 e. The SMILES string of the molecule is CNCC1(CN2CCC(COC)C2)CCOCC1. The maximum atomic E-state index is 5.53. The van der Waals surface area contributed by atoms with Gasteiger partial charge in [-0.15, -0.1) is 0 Å². The Kier molecular flexibility index (Phi) is 5.42. The van der Waals surface area contributed by atoms with Gasteiger partial charge < -0.3 is 19.7 Å². The van der Waals surface area contributed by atoms with E-state index in [1.54, 1.807) is 0 Å². The number of nitrogens with zero attached hydrogens (tertiary/aromatic N) is 1. The van der Waals surface area contributed by atoms with Crippen molar-refractivity contribution in [2.24, 2.45) is 11.3 Å². The molecule has 1 unspecified atom stereocenters. The molecule has 0 aromatic carbocycles. The van der Waals surface area contributed by atoms with Crippen LogP contribution in [0.5, 0.6) is 0 Å². The van der Waals surface area contributed by atoms with Gasteiger partial charge in [-0.2, -0.15) is 0 Å². The lowest BCUT2D eigenvalue weighted by atomic mass is 9.79. The average molecular weight is 256 g/mol. The highest BCUT2D eigenvalue weighted by Gasteiger charge is 2.35. The van der Waals surface area contributed by atoms with Crippen molar-refractivity contribution in [3.05, 3.63) is 0 Å². The lowest BCUT2D eigenvalue weighted by Crippen LogP contribution is -2.46. The zero-order valence-corrected chi connectivity index (χ0v) is 11.9. The second kappa shape index (κ2) is 6.85. The van der Waals surface area contributed by atoms with Gasteiger partial charge in [0.25, 0.3) is 0 Å². The van der Waals surface area contributed by atoms with Gasteiger partial charge in [0.05, 0.1) is 6.61 Å². The van der Waals surface area contributed by atoms with E-state index in [1.165, 1.54) is 38.9 Å². The number of ether oxygens (including phenoxy) is 2. The molecule has 2 aliphatic rings. The van der Waals surface area contributed by atoms with Gasteiger partial charge in [0.1, 0.15) is 0 Å². The van der Waals surface area contributed by atoms with Crippen LogP contribution in [0.15, 0.2) is 0 Å². The lowest BCUT2D eigenvalue weighted by Gasteiger charge is -2.40. The van der Waals surface area contributed by atoms with Crippen LogP contribution in [-0.2, 0) is 9.47 Å². The highest BCUT2D eigenvalue weighted by molar-refractivity contribution is 4.89. The first-order valence-corrected chi connectivity index (χ1v) is 7.22. The van der Waals surface area contributed by atoms with E-state index >= 15 is 0 Å². The predicted molar refractivity (Wildman–Crippen MR) is 72.8 cm³/mol. The van der Waals surface area contributed by atoms with Gasteiger partial charge in [-0.05, 0) is 44.2 Å². The fourth-order valence-electron chi connectivity index (χ4n) is 3.47. The Hall–Kier alpha value is -0.160. The summed E-state index contributed by atoms with van der Waals surface area (Å²) in [5.74, 6) is 0.737. The molecule has 2 aliphatic heterocycles. The smallest absolute Gasteiger partial charge is 0.0503 e. The van der Waals surface area contributed by atoms with Crippen LogP contribution >= 0.6 is 0 Å². The number of methoxy groups -OCH3 is 1. The molecule has 0 spiro atoms. The van der Waals surface area contributed by atoms with Gasteiger partial charge in [-0.3, -0.25) is 0 Å². The molecule has 1 N–H and O–H groups in total. The molecule has 0 aromatic heterocycles. The van der Waals surface area contributed by atoms with E-state index in [0.29, 0.717) is 5.41 Å². The van der Waals surface area contributed by atoms with Crippen LogP contribution in [0.2, 0.25) is 0 Å². The minimum atomic E-state index is 0.426. The Morgan fingerprint density at radius 1 is 1.39 bits per heavy atom. The Morgan fingerprint density at radius 3 is 2.83 bits per heavy atom. The fourth-order valence-corrected chi connectivity index (χ4v) is 3.47. The second-order valence-corrected chi connectivity index (χ2v) is 5.99. The third kappa shape index (κ3) is 3.67. The summed E-state index contributed by atoms with van der Waals surface area (Å²) in [4.78, 5) is 2.63. The molecular formula is C14H28N2O2. The molecule has 1 atom stereocenters. The topological polar surface area (TPSA) is 33.7 Å². The number of rotatable bonds is 6. The van der Waals surface area contributed by atoms with Gasteiger partial charge in [-0.25, -0.2) is 0 Å². The molecule has 2 rings (SSSR count). The molecule has 4 heteroatoms. The first kappa shape index (κ1) is 14.3. The summed E-state index contributed by atoms with van der Waals surface area (Å²) >= 11 is 0. The molecule has 0 aromatic rings. The van der Waals surface area contributed by atoms with E-state index in [0.717, 1.165) is 32.3 Å². The van der Waals surface area contributed by atoms with Gasteiger partial charge >= 0.3 is 0 Å². The van der Waals surface area contributed by atoms with E-state index in [4.69, 9.17) is 9.47 Å². The monoisotopic (exact) mass is 256 g/mol. The quantitative estimate of drug-likeness (QED) is 0.768. The van der Waals surface area contributed by atoms with E-state index in [-0.39, 0.29) is 0 Å². The molecule has 2 saturated heterocycles. The third-order valence-corrected chi connectivity index (χ3v) is 4.44. The summed E-state index contributed by atoms with van der Waals surface area (Å²) < 4.78 is 10.8. The molecule has 4 nitrogen and oxygen atoms in total. The maximum absolute atomic E-state index is 5.53. The van der Waals surface area contributed by atoms with Crippen LogP contribution in [0.3, 0.4) is 0 Å². The van der Waals surface area contributed by atoms with Crippen LogP contribution in [0, 0.1) is 11.3 Å². The molecule has 106 valence electrons. The normalized spacial score (nSPS) is 28.7. The summed E-state index contributed by atoms with van der Waals surface area (Å²) in [6.45, 7) is 7.55. The third-order valence-electron chi connectivity index (χ3n) is 4.44. The largest absolute Gasteiger partial charge is 0.384 e. The number of likely N-dealkylation sites (tertiary alicyclic amines) is 1. The summed E-state index contributed by atoms with van der Waals surface area (Å²) in [5.41, 5.74) is 0.426. The van der Waals surface area contributed by atoms with Crippen molar-refractivity contribution in [2.45, 2.75) is 19.3 Å². The maximum Gasteiger partial charge on any atom is 0.0503 e. The van der Waals surface area contributed by atoms with Crippen molar-refractivity contribution in [3.8, 4) is 0 Å². The number of hydrogen-bond donors (Lipinski definition) is 1. The van der Waals surface area contributed by atoms with Crippen molar-refractivity contribution in [1.82, 2.24) is 10.2 Å². The molecule has 0 saturated carbocycles. The molecular weight excluding hydrogens is 228 g/mol. The van der Waals surface area contributed by atoms with Crippen LogP contribution in [0.4, 0.5) is 0 Å². The van der Waals surface area contributed by atoms with Gasteiger partial charge in [0, 0.05) is 40.0 Å². The standard InChI is InChI=1S/C14H28N2O2/c1-15-11-14(4-7-18-8-5-14)12-16-6-3-13(9-16)10-17-2/h13,15H,3-12H2,1-2H3. The molecule has 0 bridgehead atoms.